The summed E-state index contributed by atoms with van der Waals surface area (Å²) in [4.78, 5) is 34.3. The highest BCUT2D eigenvalue weighted by Gasteiger charge is 2.04. The minimum atomic E-state index is -0.481. The van der Waals surface area contributed by atoms with Crippen molar-refractivity contribution in [3.8, 4) is 22.6 Å². The predicted octanol–water partition coefficient (Wildman–Crippen LogP) is 6.13. The van der Waals surface area contributed by atoms with E-state index >= 15 is 0 Å². The predicted molar refractivity (Wildman–Crippen MR) is 154 cm³/mol. The molecule has 206 valence electrons. The van der Waals surface area contributed by atoms with Gasteiger partial charge in [-0.1, -0.05) is 61.7 Å². The number of carbonyl (C=O) groups is 3. The van der Waals surface area contributed by atoms with Gasteiger partial charge in [-0.15, -0.1) is 0 Å². The molecule has 0 aliphatic carbocycles. The first-order valence-electron chi connectivity index (χ1n) is 12.9. The second kappa shape index (κ2) is 16.1. The molecule has 7 nitrogen and oxygen atoms in total. The second-order valence-corrected chi connectivity index (χ2v) is 8.59. The Labute approximate surface area is 234 Å². The number of benzene rings is 3. The molecule has 0 heterocycles. The third-order valence-electron chi connectivity index (χ3n) is 5.67. The summed E-state index contributed by atoms with van der Waals surface area (Å²) in [6, 6.07) is 22.7. The van der Waals surface area contributed by atoms with Gasteiger partial charge in [0.2, 0.25) is 0 Å². The van der Waals surface area contributed by atoms with Crippen molar-refractivity contribution in [1.29, 1.82) is 0 Å². The van der Waals surface area contributed by atoms with Crippen LogP contribution < -0.4 is 9.47 Å². The Morgan fingerprint density at radius 3 is 1.80 bits per heavy atom. The van der Waals surface area contributed by atoms with Crippen LogP contribution in [0.2, 0.25) is 0 Å². The van der Waals surface area contributed by atoms with Crippen LogP contribution in [0.25, 0.3) is 17.2 Å². The van der Waals surface area contributed by atoms with Gasteiger partial charge < -0.3 is 18.9 Å². The van der Waals surface area contributed by atoms with Crippen LogP contribution in [-0.2, 0) is 30.3 Å². The van der Waals surface area contributed by atoms with E-state index in [4.69, 9.17) is 18.9 Å². The molecular formula is C33H32O7. The molecule has 0 saturated heterocycles. The van der Waals surface area contributed by atoms with E-state index in [0.717, 1.165) is 53.0 Å². The quantitative estimate of drug-likeness (QED) is 0.0991. The first-order chi connectivity index (χ1) is 19.5. The van der Waals surface area contributed by atoms with Crippen LogP contribution >= 0.6 is 0 Å². The molecule has 0 N–H and O–H groups in total. The Morgan fingerprint density at radius 1 is 0.625 bits per heavy atom. The summed E-state index contributed by atoms with van der Waals surface area (Å²) in [7, 11) is 0. The maximum absolute atomic E-state index is 12.2. The zero-order valence-electron chi connectivity index (χ0n) is 22.3. The summed E-state index contributed by atoms with van der Waals surface area (Å²) in [5, 5.41) is 0. The highest BCUT2D eigenvalue weighted by Crippen LogP contribution is 2.23. The van der Waals surface area contributed by atoms with E-state index in [2.05, 4.69) is 13.2 Å². The lowest BCUT2D eigenvalue weighted by atomic mass is 10.0. The van der Waals surface area contributed by atoms with Gasteiger partial charge in [0.25, 0.3) is 0 Å². The van der Waals surface area contributed by atoms with Crippen LogP contribution in [0.1, 0.15) is 24.0 Å². The van der Waals surface area contributed by atoms with Gasteiger partial charge in [0.05, 0.1) is 19.8 Å². The molecule has 0 spiro atoms. The van der Waals surface area contributed by atoms with Crippen LogP contribution in [-0.4, -0.2) is 37.7 Å². The van der Waals surface area contributed by atoms with E-state index in [1.165, 1.54) is 6.08 Å². The molecule has 0 unspecified atom stereocenters. The summed E-state index contributed by atoms with van der Waals surface area (Å²) < 4.78 is 21.0. The average molecular weight is 541 g/mol. The van der Waals surface area contributed by atoms with Gasteiger partial charge in [-0.3, -0.25) is 0 Å². The highest BCUT2D eigenvalue weighted by atomic mass is 16.5. The van der Waals surface area contributed by atoms with Crippen LogP contribution in [0.15, 0.2) is 104 Å². The smallest absolute Gasteiger partial charge is 0.336 e. The van der Waals surface area contributed by atoms with Crippen molar-refractivity contribution in [1.82, 2.24) is 0 Å². The SMILES string of the molecule is C=CC(=O)OCCCCOc1ccc(-c2ccc(/C=C/C(=O)Oc3ccc(CCOC(=O)C=C)cc3)cc2)cc1. The largest absolute Gasteiger partial charge is 0.494 e. The van der Waals surface area contributed by atoms with Crippen LogP contribution in [0, 0.1) is 0 Å². The molecule has 0 amide bonds. The molecule has 0 fully saturated rings. The maximum Gasteiger partial charge on any atom is 0.336 e. The summed E-state index contributed by atoms with van der Waals surface area (Å²) in [5.74, 6) is -0.149. The lowest BCUT2D eigenvalue weighted by molar-refractivity contribution is -0.138. The van der Waals surface area contributed by atoms with Gasteiger partial charge in [0.1, 0.15) is 11.5 Å². The van der Waals surface area contributed by atoms with E-state index in [1.54, 1.807) is 18.2 Å². The number of hydrogen-bond donors (Lipinski definition) is 0. The lowest BCUT2D eigenvalue weighted by Crippen LogP contribution is -2.05. The second-order valence-electron chi connectivity index (χ2n) is 8.59. The molecule has 0 atom stereocenters. The monoisotopic (exact) mass is 540 g/mol. The average Bonchev–Trinajstić information content (AvgIpc) is 2.99. The van der Waals surface area contributed by atoms with Crippen LogP contribution in [0.3, 0.4) is 0 Å². The minimum absolute atomic E-state index is 0.254. The molecule has 0 bridgehead atoms. The Bertz CT molecular complexity index is 1300. The lowest BCUT2D eigenvalue weighted by Gasteiger charge is -2.08. The zero-order valence-corrected chi connectivity index (χ0v) is 22.3. The molecule has 3 aromatic carbocycles. The molecular weight excluding hydrogens is 508 g/mol. The Kier molecular flexibility index (Phi) is 12.0. The van der Waals surface area contributed by atoms with Gasteiger partial charge in [-0.05, 0) is 65.4 Å². The fourth-order valence-electron chi connectivity index (χ4n) is 3.52. The molecule has 0 aromatic heterocycles. The van der Waals surface area contributed by atoms with Crippen molar-refractivity contribution in [2.45, 2.75) is 19.3 Å². The third-order valence-corrected chi connectivity index (χ3v) is 5.67. The molecule has 0 aliphatic rings. The van der Waals surface area contributed by atoms with Crippen LogP contribution in [0.5, 0.6) is 11.5 Å². The van der Waals surface area contributed by atoms with Crippen molar-refractivity contribution in [2.24, 2.45) is 0 Å². The van der Waals surface area contributed by atoms with Gasteiger partial charge >= 0.3 is 17.9 Å². The van der Waals surface area contributed by atoms with E-state index < -0.39 is 17.9 Å². The molecule has 3 aromatic rings. The first-order valence-corrected chi connectivity index (χ1v) is 12.9. The van der Waals surface area contributed by atoms with E-state index in [9.17, 15) is 14.4 Å². The standard InChI is InChI=1S/C33H32O7/c1-3-31(34)38-23-6-5-22-37-29-18-14-28(15-19-29)27-12-7-25(8-13-27)11-20-33(36)40-30-16-9-26(10-17-30)21-24-39-32(35)4-2/h3-4,7-20H,1-2,5-6,21-24H2/b20-11+. The summed E-state index contributed by atoms with van der Waals surface area (Å²) in [6.07, 6.45) is 7.41. The van der Waals surface area contributed by atoms with Gasteiger partial charge in [-0.2, -0.15) is 0 Å². The number of unbranched alkanes of at least 4 members (excludes halogenated alkanes) is 1. The fraction of sp³-hybridized carbons (Fsp3) is 0.182. The van der Waals surface area contributed by atoms with Crippen molar-refractivity contribution >= 4 is 24.0 Å². The normalized spacial score (nSPS) is 10.5. The van der Waals surface area contributed by atoms with Crippen LogP contribution in [0.4, 0.5) is 0 Å². The minimum Gasteiger partial charge on any atom is -0.494 e. The number of rotatable bonds is 15. The van der Waals surface area contributed by atoms with Crippen molar-refractivity contribution in [3.05, 3.63) is 115 Å². The maximum atomic E-state index is 12.2. The van der Waals surface area contributed by atoms with Crippen molar-refractivity contribution < 1.29 is 33.3 Å². The van der Waals surface area contributed by atoms with E-state index in [1.807, 2.05) is 60.7 Å². The van der Waals surface area contributed by atoms with E-state index in [-0.39, 0.29) is 6.61 Å². The zero-order chi connectivity index (χ0) is 28.6. The molecule has 7 heteroatoms. The molecule has 3 rings (SSSR count). The molecule has 0 radical (unpaired) electrons. The van der Waals surface area contributed by atoms with Gasteiger partial charge in [0.15, 0.2) is 0 Å². The topological polar surface area (TPSA) is 88.1 Å². The first kappa shape index (κ1) is 29.6. The molecule has 0 saturated carbocycles. The number of hydrogen-bond acceptors (Lipinski definition) is 7. The Hall–Kier alpha value is -4.91. The Balaban J connectivity index is 1.41. The molecule has 0 aliphatic heterocycles. The third kappa shape index (κ3) is 10.5. The number of carbonyl (C=O) groups excluding carboxylic acids is 3. The summed E-state index contributed by atoms with van der Waals surface area (Å²) >= 11 is 0. The number of ether oxygens (including phenoxy) is 4. The molecule has 40 heavy (non-hydrogen) atoms. The van der Waals surface area contributed by atoms with Gasteiger partial charge in [0, 0.05) is 24.6 Å². The van der Waals surface area contributed by atoms with Crippen molar-refractivity contribution in [3.63, 3.8) is 0 Å². The van der Waals surface area contributed by atoms with Crippen molar-refractivity contribution in [2.75, 3.05) is 19.8 Å². The number of esters is 3. The fourth-order valence-corrected chi connectivity index (χ4v) is 3.52. The van der Waals surface area contributed by atoms with E-state index in [0.29, 0.717) is 25.4 Å². The summed E-state index contributed by atoms with van der Waals surface area (Å²) in [6.45, 7) is 7.86. The van der Waals surface area contributed by atoms with Gasteiger partial charge in [-0.25, -0.2) is 14.4 Å². The summed E-state index contributed by atoms with van der Waals surface area (Å²) in [5.41, 5.74) is 3.90. The Morgan fingerprint density at radius 2 is 1.18 bits per heavy atom. The highest BCUT2D eigenvalue weighted by molar-refractivity contribution is 5.88.